The lowest BCUT2D eigenvalue weighted by Crippen LogP contribution is -2.34. The highest BCUT2D eigenvalue weighted by Crippen LogP contribution is 2.29. The molecule has 38 heavy (non-hydrogen) atoms. The maximum absolute atomic E-state index is 12.6. The first-order valence-electron chi connectivity index (χ1n) is 11.6. The van der Waals surface area contributed by atoms with Gasteiger partial charge in [0.2, 0.25) is 0 Å². The number of hydrogen-bond donors (Lipinski definition) is 2. The summed E-state index contributed by atoms with van der Waals surface area (Å²) in [6.07, 6.45) is 1.39. The van der Waals surface area contributed by atoms with Crippen molar-refractivity contribution in [3.8, 4) is 17.2 Å². The molecule has 0 atom stereocenters. The third-order valence-electron chi connectivity index (χ3n) is 4.87. The Morgan fingerprint density at radius 2 is 1.55 bits per heavy atom. The number of hydrazone groups is 1. The zero-order valence-electron chi connectivity index (χ0n) is 20.6. The number of ether oxygens (including phenoxy) is 3. The van der Waals surface area contributed by atoms with Gasteiger partial charge in [-0.15, -0.1) is 0 Å². The van der Waals surface area contributed by atoms with Crippen LogP contribution in [0, 0.1) is 0 Å². The number of nitrogens with zero attached hydrogens (tertiary/aromatic N) is 1. The van der Waals surface area contributed by atoms with E-state index < -0.39 is 17.8 Å². The van der Waals surface area contributed by atoms with Crippen LogP contribution in [0.1, 0.15) is 40.1 Å². The van der Waals surface area contributed by atoms with Gasteiger partial charge in [-0.25, -0.2) is 10.2 Å². The molecule has 0 heterocycles. The predicted octanol–water partition coefficient (Wildman–Crippen LogP) is 4.89. The van der Waals surface area contributed by atoms with Gasteiger partial charge in [-0.3, -0.25) is 9.59 Å². The Hall–Kier alpha value is -4.08. The van der Waals surface area contributed by atoms with E-state index in [4.69, 9.17) is 37.4 Å². The summed E-state index contributed by atoms with van der Waals surface area (Å²) in [5.74, 6) is -0.359. The second-order valence-electron chi connectivity index (χ2n) is 7.59. The van der Waals surface area contributed by atoms with Gasteiger partial charge in [-0.05, 0) is 80.1 Å². The number of benzene rings is 3. The second kappa shape index (κ2) is 14.0. The second-order valence-corrected chi connectivity index (χ2v) is 8.41. The summed E-state index contributed by atoms with van der Waals surface area (Å²) in [5.41, 5.74) is 3.53. The van der Waals surface area contributed by atoms with Gasteiger partial charge in [-0.2, -0.15) is 5.10 Å². The summed E-state index contributed by atoms with van der Waals surface area (Å²) in [7, 11) is 0. The fourth-order valence-electron chi connectivity index (χ4n) is 3.09. The Morgan fingerprint density at radius 1 is 0.842 bits per heavy atom. The molecule has 0 fully saturated rings. The molecule has 0 aromatic heterocycles. The molecule has 0 bridgehead atoms. The average Bonchev–Trinajstić information content (AvgIpc) is 2.91. The van der Waals surface area contributed by atoms with Gasteiger partial charge in [0, 0.05) is 5.56 Å². The number of nitrogens with one attached hydrogen (secondary N) is 2. The standard InChI is InChI=1S/C27H25Cl2N3O6/c1-3-36-20-9-6-18(7-10-20)27(35)38-23-12-5-17(13-24(23)37-4-2)15-31-32-25(33)16-30-26(34)19-8-11-21(28)22(29)14-19/h5-15H,3-4,16H2,1-2H3,(H,30,34)(H,32,33)/b31-15+. The van der Waals surface area contributed by atoms with Crippen LogP contribution in [-0.2, 0) is 4.79 Å². The maximum Gasteiger partial charge on any atom is 0.343 e. The zero-order chi connectivity index (χ0) is 27.5. The Bertz CT molecular complexity index is 1330. The number of halogens is 2. The Balaban J connectivity index is 1.56. The van der Waals surface area contributed by atoms with Crippen molar-refractivity contribution in [1.29, 1.82) is 0 Å². The molecule has 0 aliphatic heterocycles. The van der Waals surface area contributed by atoms with Crippen molar-refractivity contribution in [1.82, 2.24) is 10.7 Å². The smallest absolute Gasteiger partial charge is 0.343 e. The van der Waals surface area contributed by atoms with E-state index in [1.807, 2.05) is 6.92 Å². The summed E-state index contributed by atoms with van der Waals surface area (Å²) in [6, 6.07) is 15.8. The van der Waals surface area contributed by atoms with Crippen LogP contribution >= 0.6 is 23.2 Å². The minimum Gasteiger partial charge on any atom is -0.494 e. The molecule has 9 nitrogen and oxygen atoms in total. The first-order valence-corrected chi connectivity index (χ1v) is 12.3. The molecule has 3 rings (SSSR count). The average molecular weight is 558 g/mol. The molecular formula is C27H25Cl2N3O6. The fraction of sp³-hybridized carbons (Fsp3) is 0.185. The van der Waals surface area contributed by atoms with Crippen molar-refractivity contribution in [3.63, 3.8) is 0 Å². The lowest BCUT2D eigenvalue weighted by atomic mass is 10.2. The molecule has 0 radical (unpaired) electrons. The number of amides is 2. The lowest BCUT2D eigenvalue weighted by Gasteiger charge is -2.11. The molecule has 0 saturated heterocycles. The van der Waals surface area contributed by atoms with Crippen molar-refractivity contribution in [3.05, 3.63) is 87.4 Å². The summed E-state index contributed by atoms with van der Waals surface area (Å²) in [4.78, 5) is 36.8. The highest BCUT2D eigenvalue weighted by atomic mass is 35.5. The van der Waals surface area contributed by atoms with Crippen molar-refractivity contribution in [2.45, 2.75) is 13.8 Å². The molecule has 0 saturated carbocycles. The van der Waals surface area contributed by atoms with E-state index >= 15 is 0 Å². The SMILES string of the molecule is CCOc1ccc(C(=O)Oc2ccc(/C=N/NC(=O)CNC(=O)c3ccc(Cl)c(Cl)c3)cc2OCC)cc1. The van der Waals surface area contributed by atoms with Crippen LogP contribution in [0.25, 0.3) is 0 Å². The van der Waals surface area contributed by atoms with E-state index in [1.165, 1.54) is 24.4 Å². The van der Waals surface area contributed by atoms with Gasteiger partial charge in [0.05, 0.1) is 41.6 Å². The van der Waals surface area contributed by atoms with E-state index in [0.29, 0.717) is 40.9 Å². The predicted molar refractivity (Wildman–Crippen MR) is 145 cm³/mol. The van der Waals surface area contributed by atoms with Crippen molar-refractivity contribution in [2.75, 3.05) is 19.8 Å². The van der Waals surface area contributed by atoms with Gasteiger partial charge in [0.1, 0.15) is 5.75 Å². The van der Waals surface area contributed by atoms with Crippen LogP contribution < -0.4 is 25.0 Å². The normalized spacial score (nSPS) is 10.6. The minimum atomic E-state index is -0.550. The Labute approximate surface area is 229 Å². The van der Waals surface area contributed by atoms with Gasteiger partial charge in [-0.1, -0.05) is 23.2 Å². The van der Waals surface area contributed by atoms with Crippen LogP contribution in [0.5, 0.6) is 17.2 Å². The van der Waals surface area contributed by atoms with Crippen molar-refractivity contribution >= 4 is 47.2 Å². The molecular weight excluding hydrogens is 533 g/mol. The number of carbonyl (C=O) groups is 3. The van der Waals surface area contributed by atoms with Crippen LogP contribution in [0.4, 0.5) is 0 Å². The maximum atomic E-state index is 12.6. The molecule has 0 aliphatic rings. The van der Waals surface area contributed by atoms with Gasteiger partial charge >= 0.3 is 5.97 Å². The van der Waals surface area contributed by atoms with Gasteiger partial charge < -0.3 is 19.5 Å². The van der Waals surface area contributed by atoms with E-state index in [-0.39, 0.29) is 22.9 Å². The van der Waals surface area contributed by atoms with Crippen LogP contribution in [0.3, 0.4) is 0 Å². The topological polar surface area (TPSA) is 115 Å². The fourth-order valence-corrected chi connectivity index (χ4v) is 3.39. The van der Waals surface area contributed by atoms with Gasteiger partial charge in [0.25, 0.3) is 11.8 Å². The van der Waals surface area contributed by atoms with Crippen LogP contribution in [0.15, 0.2) is 65.8 Å². The van der Waals surface area contributed by atoms with Crippen molar-refractivity contribution in [2.24, 2.45) is 5.10 Å². The lowest BCUT2D eigenvalue weighted by molar-refractivity contribution is -0.120. The highest BCUT2D eigenvalue weighted by Gasteiger charge is 2.14. The van der Waals surface area contributed by atoms with Gasteiger partial charge in [0.15, 0.2) is 11.5 Å². The summed E-state index contributed by atoms with van der Waals surface area (Å²) >= 11 is 11.7. The molecule has 11 heteroatoms. The first-order chi connectivity index (χ1) is 18.3. The molecule has 2 amide bonds. The molecule has 3 aromatic rings. The van der Waals surface area contributed by atoms with E-state index in [1.54, 1.807) is 49.4 Å². The largest absolute Gasteiger partial charge is 0.494 e. The van der Waals surface area contributed by atoms with Crippen molar-refractivity contribution < 1.29 is 28.6 Å². The summed E-state index contributed by atoms with van der Waals surface area (Å²) < 4.78 is 16.5. The van der Waals surface area contributed by atoms with Crippen LogP contribution in [-0.4, -0.2) is 43.8 Å². The van der Waals surface area contributed by atoms with E-state index in [9.17, 15) is 14.4 Å². The minimum absolute atomic E-state index is 0.233. The third kappa shape index (κ3) is 8.22. The molecule has 0 unspecified atom stereocenters. The molecule has 3 aromatic carbocycles. The summed E-state index contributed by atoms with van der Waals surface area (Å²) in [6.45, 7) is 4.23. The van der Waals surface area contributed by atoms with E-state index in [2.05, 4.69) is 15.8 Å². The molecule has 0 aliphatic carbocycles. The number of hydrogen-bond acceptors (Lipinski definition) is 7. The zero-order valence-corrected chi connectivity index (χ0v) is 22.1. The number of esters is 1. The monoisotopic (exact) mass is 557 g/mol. The first kappa shape index (κ1) is 28.5. The molecule has 198 valence electrons. The van der Waals surface area contributed by atoms with Crippen LogP contribution in [0.2, 0.25) is 10.0 Å². The number of carbonyl (C=O) groups excluding carboxylic acids is 3. The highest BCUT2D eigenvalue weighted by molar-refractivity contribution is 6.42. The quantitative estimate of drug-likeness (QED) is 0.150. The number of rotatable bonds is 11. The third-order valence-corrected chi connectivity index (χ3v) is 5.60. The Kier molecular flexibility index (Phi) is 10.5. The summed E-state index contributed by atoms with van der Waals surface area (Å²) in [5, 5.41) is 6.91. The molecule has 2 N–H and O–H groups in total. The van der Waals surface area contributed by atoms with E-state index in [0.717, 1.165) is 0 Å². The molecule has 0 spiro atoms. The Morgan fingerprint density at radius 3 is 2.24 bits per heavy atom.